The number of rotatable bonds is 3. The summed E-state index contributed by atoms with van der Waals surface area (Å²) in [6.45, 7) is 4.19. The van der Waals surface area contributed by atoms with Gasteiger partial charge in [0.05, 0.1) is 19.3 Å². The van der Waals surface area contributed by atoms with Crippen LogP contribution in [-0.2, 0) is 13.1 Å². The molecular formula is C14H17N3O. The number of hydrogen-bond acceptors (Lipinski definition) is 3. The number of fused-ring (bicyclic) bond motifs is 1. The smallest absolute Gasteiger partial charge is 0.122 e. The molecule has 0 radical (unpaired) electrons. The first-order chi connectivity index (χ1) is 8.79. The fourth-order valence-corrected chi connectivity index (χ4v) is 2.46. The molecule has 0 amide bonds. The molecule has 0 saturated carbocycles. The topological polar surface area (TPSA) is 53.1 Å². The van der Waals surface area contributed by atoms with E-state index in [1.54, 1.807) is 0 Å². The first-order valence-corrected chi connectivity index (χ1v) is 6.22. The molecule has 2 N–H and O–H groups in total. The minimum atomic E-state index is 0.380. The van der Waals surface area contributed by atoms with Gasteiger partial charge in [0.2, 0.25) is 0 Å². The SMILES string of the molecule is Cc1c(CN)cnn1CC1COc2ccccc21. The molecule has 0 saturated heterocycles. The van der Waals surface area contributed by atoms with Crippen LogP contribution in [0, 0.1) is 6.92 Å². The van der Waals surface area contributed by atoms with Crippen molar-refractivity contribution < 1.29 is 4.74 Å². The van der Waals surface area contributed by atoms with Crippen LogP contribution >= 0.6 is 0 Å². The van der Waals surface area contributed by atoms with Gasteiger partial charge in [0, 0.05) is 29.3 Å². The van der Waals surface area contributed by atoms with Crippen molar-refractivity contribution in [2.45, 2.75) is 25.9 Å². The second kappa shape index (κ2) is 4.46. The summed E-state index contributed by atoms with van der Waals surface area (Å²) >= 11 is 0. The van der Waals surface area contributed by atoms with Crippen LogP contribution in [-0.4, -0.2) is 16.4 Å². The molecule has 4 nitrogen and oxygen atoms in total. The van der Waals surface area contributed by atoms with E-state index in [1.807, 2.05) is 23.0 Å². The zero-order valence-corrected chi connectivity index (χ0v) is 10.5. The molecule has 1 aromatic carbocycles. The van der Waals surface area contributed by atoms with Crippen molar-refractivity contribution in [3.8, 4) is 5.75 Å². The van der Waals surface area contributed by atoms with E-state index in [1.165, 1.54) is 5.56 Å². The number of ether oxygens (including phenoxy) is 1. The van der Waals surface area contributed by atoms with Crippen molar-refractivity contribution in [3.63, 3.8) is 0 Å². The maximum Gasteiger partial charge on any atom is 0.122 e. The van der Waals surface area contributed by atoms with Gasteiger partial charge >= 0.3 is 0 Å². The van der Waals surface area contributed by atoms with Gasteiger partial charge in [-0.1, -0.05) is 18.2 Å². The number of aromatic nitrogens is 2. The van der Waals surface area contributed by atoms with Crippen LogP contribution in [0.4, 0.5) is 0 Å². The van der Waals surface area contributed by atoms with E-state index in [2.05, 4.69) is 24.2 Å². The first-order valence-electron chi connectivity index (χ1n) is 6.22. The minimum absolute atomic E-state index is 0.380. The highest BCUT2D eigenvalue weighted by molar-refractivity contribution is 5.39. The molecule has 1 aliphatic heterocycles. The highest BCUT2D eigenvalue weighted by Gasteiger charge is 2.24. The van der Waals surface area contributed by atoms with Crippen molar-refractivity contribution in [2.75, 3.05) is 6.61 Å². The second-order valence-corrected chi connectivity index (χ2v) is 4.69. The molecule has 2 heterocycles. The Bertz CT molecular complexity index is 562. The first kappa shape index (κ1) is 11.3. The molecule has 18 heavy (non-hydrogen) atoms. The van der Waals surface area contributed by atoms with E-state index in [9.17, 15) is 0 Å². The predicted octanol–water partition coefficient (Wildman–Crippen LogP) is 1.83. The number of para-hydroxylation sites is 1. The molecule has 2 aromatic rings. The average Bonchev–Trinajstić information content (AvgIpc) is 2.96. The zero-order valence-electron chi connectivity index (χ0n) is 10.5. The van der Waals surface area contributed by atoms with Gasteiger partial charge in [-0.25, -0.2) is 0 Å². The van der Waals surface area contributed by atoms with Crippen molar-refractivity contribution in [1.82, 2.24) is 9.78 Å². The van der Waals surface area contributed by atoms with Gasteiger partial charge in [-0.15, -0.1) is 0 Å². The molecule has 3 rings (SSSR count). The molecule has 0 bridgehead atoms. The summed E-state index contributed by atoms with van der Waals surface area (Å²) in [6.07, 6.45) is 1.86. The predicted molar refractivity (Wildman–Crippen MR) is 69.5 cm³/mol. The van der Waals surface area contributed by atoms with Crippen molar-refractivity contribution in [1.29, 1.82) is 0 Å². The Hall–Kier alpha value is -1.81. The number of benzene rings is 1. The maximum atomic E-state index is 5.69. The molecule has 1 aromatic heterocycles. The zero-order chi connectivity index (χ0) is 12.5. The summed E-state index contributed by atoms with van der Waals surface area (Å²) in [5, 5.41) is 4.40. The van der Waals surface area contributed by atoms with E-state index >= 15 is 0 Å². The number of hydrogen-bond donors (Lipinski definition) is 1. The van der Waals surface area contributed by atoms with Crippen LogP contribution in [0.15, 0.2) is 30.5 Å². The minimum Gasteiger partial charge on any atom is -0.493 e. The number of nitrogens with two attached hydrogens (primary N) is 1. The average molecular weight is 243 g/mol. The Morgan fingerprint density at radius 1 is 1.44 bits per heavy atom. The lowest BCUT2D eigenvalue weighted by molar-refractivity contribution is 0.314. The van der Waals surface area contributed by atoms with Crippen molar-refractivity contribution in [2.24, 2.45) is 5.73 Å². The van der Waals surface area contributed by atoms with E-state index in [-0.39, 0.29) is 0 Å². The van der Waals surface area contributed by atoms with E-state index in [0.29, 0.717) is 12.5 Å². The van der Waals surface area contributed by atoms with Crippen LogP contribution in [0.5, 0.6) is 5.75 Å². The van der Waals surface area contributed by atoms with Gasteiger partial charge in [-0.05, 0) is 13.0 Å². The Morgan fingerprint density at radius 2 is 2.28 bits per heavy atom. The van der Waals surface area contributed by atoms with Crippen LogP contribution in [0.3, 0.4) is 0 Å². The molecule has 0 spiro atoms. The maximum absolute atomic E-state index is 5.69. The lowest BCUT2D eigenvalue weighted by Crippen LogP contribution is -2.13. The molecule has 1 aliphatic rings. The van der Waals surface area contributed by atoms with Crippen LogP contribution in [0.1, 0.15) is 22.7 Å². The van der Waals surface area contributed by atoms with Gasteiger partial charge in [0.1, 0.15) is 5.75 Å². The third-order valence-corrected chi connectivity index (χ3v) is 3.62. The molecule has 1 atom stereocenters. The van der Waals surface area contributed by atoms with Crippen LogP contribution < -0.4 is 10.5 Å². The lowest BCUT2D eigenvalue weighted by Gasteiger charge is -2.11. The fraction of sp³-hybridized carbons (Fsp3) is 0.357. The molecule has 94 valence electrons. The summed E-state index contributed by atoms with van der Waals surface area (Å²) in [4.78, 5) is 0. The second-order valence-electron chi connectivity index (χ2n) is 4.69. The Labute approximate surface area is 106 Å². The Morgan fingerprint density at radius 3 is 3.06 bits per heavy atom. The summed E-state index contributed by atoms with van der Waals surface area (Å²) in [5.41, 5.74) is 9.22. The summed E-state index contributed by atoms with van der Waals surface area (Å²) in [6, 6.07) is 8.22. The van der Waals surface area contributed by atoms with Gasteiger partial charge in [-0.3, -0.25) is 4.68 Å². The van der Waals surface area contributed by atoms with Crippen LogP contribution in [0.2, 0.25) is 0 Å². The van der Waals surface area contributed by atoms with E-state index in [4.69, 9.17) is 10.5 Å². The summed E-state index contributed by atoms with van der Waals surface area (Å²) < 4.78 is 7.72. The van der Waals surface area contributed by atoms with Gasteiger partial charge in [0.25, 0.3) is 0 Å². The summed E-state index contributed by atoms with van der Waals surface area (Å²) in [5.74, 6) is 1.39. The van der Waals surface area contributed by atoms with E-state index < -0.39 is 0 Å². The molecule has 1 unspecified atom stereocenters. The van der Waals surface area contributed by atoms with Crippen LogP contribution in [0.25, 0.3) is 0 Å². The molecule has 0 aliphatic carbocycles. The monoisotopic (exact) mass is 243 g/mol. The van der Waals surface area contributed by atoms with Crippen molar-refractivity contribution >= 4 is 0 Å². The molecule has 4 heteroatoms. The standard InChI is InChI=1S/C14H17N3O/c1-10-11(6-15)7-16-17(10)8-12-9-18-14-5-3-2-4-13(12)14/h2-5,7,12H,6,8-9,15H2,1H3. The summed E-state index contributed by atoms with van der Waals surface area (Å²) in [7, 11) is 0. The highest BCUT2D eigenvalue weighted by atomic mass is 16.5. The quantitative estimate of drug-likeness (QED) is 0.894. The normalized spacial score (nSPS) is 17.6. The number of nitrogens with zero attached hydrogens (tertiary/aromatic N) is 2. The fourth-order valence-electron chi connectivity index (χ4n) is 2.46. The van der Waals surface area contributed by atoms with E-state index in [0.717, 1.165) is 30.2 Å². The van der Waals surface area contributed by atoms with Crippen molar-refractivity contribution in [3.05, 3.63) is 47.3 Å². The Kier molecular flexibility index (Phi) is 2.80. The highest BCUT2D eigenvalue weighted by Crippen LogP contribution is 2.34. The molecular weight excluding hydrogens is 226 g/mol. The largest absolute Gasteiger partial charge is 0.493 e. The Balaban J connectivity index is 1.84. The molecule has 0 fully saturated rings. The third-order valence-electron chi connectivity index (χ3n) is 3.62. The van der Waals surface area contributed by atoms with Gasteiger partial charge in [-0.2, -0.15) is 5.10 Å². The van der Waals surface area contributed by atoms with Gasteiger partial charge in [0.15, 0.2) is 0 Å². The third kappa shape index (κ3) is 1.78. The lowest BCUT2D eigenvalue weighted by atomic mass is 10.0. The van der Waals surface area contributed by atoms with Gasteiger partial charge < -0.3 is 10.5 Å².